The van der Waals surface area contributed by atoms with Crippen LogP contribution in [0.2, 0.25) is 0 Å². The summed E-state index contributed by atoms with van der Waals surface area (Å²) in [5, 5.41) is 2.83. The lowest BCUT2D eigenvalue weighted by Crippen LogP contribution is -2.51. The first-order valence-electron chi connectivity index (χ1n) is 11.1. The van der Waals surface area contributed by atoms with Crippen molar-refractivity contribution in [1.82, 2.24) is 10.2 Å². The summed E-state index contributed by atoms with van der Waals surface area (Å²) < 4.78 is 26.4. The number of nitrogens with one attached hydrogen (secondary N) is 1. The molecular formula is C25H35N3O4S. The van der Waals surface area contributed by atoms with Crippen molar-refractivity contribution in [2.75, 3.05) is 23.7 Å². The number of hydrogen-bond acceptors (Lipinski definition) is 4. The van der Waals surface area contributed by atoms with Crippen molar-refractivity contribution in [3.8, 4) is 0 Å². The number of rotatable bonds is 10. The van der Waals surface area contributed by atoms with Gasteiger partial charge in [-0.15, -0.1) is 0 Å². The molecule has 0 aliphatic heterocycles. The molecule has 2 aromatic rings. The zero-order chi connectivity index (χ0) is 24.8. The Balaban J connectivity index is 2.40. The van der Waals surface area contributed by atoms with E-state index in [0.29, 0.717) is 12.2 Å². The minimum atomic E-state index is -3.74. The van der Waals surface area contributed by atoms with Crippen LogP contribution < -0.4 is 9.62 Å². The second-order valence-electron chi connectivity index (χ2n) is 8.54. The predicted molar refractivity (Wildman–Crippen MR) is 133 cm³/mol. The van der Waals surface area contributed by atoms with Crippen LogP contribution in [0, 0.1) is 20.8 Å². The van der Waals surface area contributed by atoms with Crippen LogP contribution in [0.1, 0.15) is 42.5 Å². The highest BCUT2D eigenvalue weighted by molar-refractivity contribution is 7.92. The summed E-state index contributed by atoms with van der Waals surface area (Å²) in [6.45, 7) is 9.64. The summed E-state index contributed by atoms with van der Waals surface area (Å²) in [4.78, 5) is 27.7. The Kier molecular flexibility index (Phi) is 9.05. The molecule has 7 nitrogen and oxygen atoms in total. The Morgan fingerprint density at radius 3 is 2.27 bits per heavy atom. The quantitative estimate of drug-likeness (QED) is 0.574. The summed E-state index contributed by atoms with van der Waals surface area (Å²) in [6, 6.07) is 12.3. The molecule has 180 valence electrons. The van der Waals surface area contributed by atoms with Crippen LogP contribution >= 0.6 is 0 Å². The monoisotopic (exact) mass is 473 g/mol. The molecule has 1 N–H and O–H groups in total. The lowest BCUT2D eigenvalue weighted by Gasteiger charge is -2.32. The van der Waals surface area contributed by atoms with Gasteiger partial charge in [-0.3, -0.25) is 13.9 Å². The highest BCUT2D eigenvalue weighted by atomic mass is 32.2. The van der Waals surface area contributed by atoms with Crippen molar-refractivity contribution in [3.63, 3.8) is 0 Å². The second kappa shape index (κ2) is 11.3. The molecule has 2 amide bonds. The largest absolute Gasteiger partial charge is 0.354 e. The highest BCUT2D eigenvalue weighted by Gasteiger charge is 2.30. The molecule has 0 aromatic heterocycles. The molecule has 0 saturated carbocycles. The van der Waals surface area contributed by atoms with Crippen molar-refractivity contribution in [2.24, 2.45) is 0 Å². The van der Waals surface area contributed by atoms with E-state index in [1.165, 1.54) is 4.90 Å². The normalized spacial score (nSPS) is 12.2. The number of nitrogens with zero attached hydrogens (tertiary/aromatic N) is 2. The lowest BCUT2D eigenvalue weighted by molar-refractivity contribution is -0.139. The van der Waals surface area contributed by atoms with E-state index in [4.69, 9.17) is 0 Å². The number of aryl methyl sites for hydroxylation is 3. The van der Waals surface area contributed by atoms with Crippen LogP contribution in [0.3, 0.4) is 0 Å². The molecule has 8 heteroatoms. The molecule has 0 fully saturated rings. The van der Waals surface area contributed by atoms with Gasteiger partial charge in [0, 0.05) is 13.1 Å². The average Bonchev–Trinajstić information content (AvgIpc) is 2.73. The van der Waals surface area contributed by atoms with Gasteiger partial charge in [0.25, 0.3) is 0 Å². The van der Waals surface area contributed by atoms with Gasteiger partial charge in [-0.05, 0) is 51.3 Å². The number of benzene rings is 2. The lowest BCUT2D eigenvalue weighted by atomic mass is 10.1. The fourth-order valence-corrected chi connectivity index (χ4v) is 4.57. The number of amides is 2. The Bertz CT molecular complexity index is 1100. The van der Waals surface area contributed by atoms with Gasteiger partial charge < -0.3 is 10.2 Å². The van der Waals surface area contributed by atoms with E-state index in [1.807, 2.05) is 64.1 Å². The van der Waals surface area contributed by atoms with Crippen LogP contribution in [0.5, 0.6) is 0 Å². The summed E-state index contributed by atoms with van der Waals surface area (Å²) in [6.07, 6.45) is 1.86. The van der Waals surface area contributed by atoms with E-state index in [1.54, 1.807) is 13.0 Å². The SMILES string of the molecule is CCCNC(=O)[C@@H](C)N(Cc1cccc(C)c1)C(=O)CN(c1ccc(C)cc1C)S(C)(=O)=O. The zero-order valence-electron chi connectivity index (χ0n) is 20.4. The summed E-state index contributed by atoms with van der Waals surface area (Å²) in [5.41, 5.74) is 4.12. The van der Waals surface area contributed by atoms with Gasteiger partial charge in [-0.2, -0.15) is 0 Å². The van der Waals surface area contributed by atoms with Gasteiger partial charge in [-0.25, -0.2) is 8.42 Å². The molecule has 33 heavy (non-hydrogen) atoms. The molecule has 2 aromatic carbocycles. The fraction of sp³-hybridized carbons (Fsp3) is 0.440. The van der Waals surface area contributed by atoms with E-state index in [2.05, 4.69) is 5.32 Å². The Hall–Kier alpha value is -2.87. The number of anilines is 1. The third-order valence-electron chi connectivity index (χ3n) is 5.45. The average molecular weight is 474 g/mol. The first-order valence-corrected chi connectivity index (χ1v) is 13.0. The second-order valence-corrected chi connectivity index (χ2v) is 10.4. The molecule has 1 atom stereocenters. The summed E-state index contributed by atoms with van der Waals surface area (Å²) in [7, 11) is -3.74. The zero-order valence-corrected chi connectivity index (χ0v) is 21.2. The van der Waals surface area contributed by atoms with Gasteiger partial charge in [0.05, 0.1) is 11.9 Å². The van der Waals surface area contributed by atoms with Crippen molar-refractivity contribution < 1.29 is 18.0 Å². The van der Waals surface area contributed by atoms with Crippen molar-refractivity contribution in [2.45, 2.75) is 53.6 Å². The molecule has 0 radical (unpaired) electrons. The summed E-state index contributed by atoms with van der Waals surface area (Å²) in [5.74, 6) is -0.712. The maximum absolute atomic E-state index is 13.5. The van der Waals surface area contributed by atoms with Crippen molar-refractivity contribution in [3.05, 3.63) is 64.7 Å². The number of carbonyl (C=O) groups excluding carboxylic acids is 2. The molecule has 0 aliphatic rings. The van der Waals surface area contributed by atoms with Crippen LogP contribution in [-0.4, -0.2) is 50.5 Å². The highest BCUT2D eigenvalue weighted by Crippen LogP contribution is 2.24. The van der Waals surface area contributed by atoms with E-state index in [9.17, 15) is 18.0 Å². The van der Waals surface area contributed by atoms with Crippen LogP contribution in [0.15, 0.2) is 42.5 Å². The third-order valence-corrected chi connectivity index (χ3v) is 6.58. The molecular weight excluding hydrogens is 438 g/mol. The maximum Gasteiger partial charge on any atom is 0.244 e. The topological polar surface area (TPSA) is 86.8 Å². The van der Waals surface area contributed by atoms with Crippen molar-refractivity contribution in [1.29, 1.82) is 0 Å². The Labute approximate surface area is 197 Å². The molecule has 0 heterocycles. The van der Waals surface area contributed by atoms with Crippen LogP contribution in [0.25, 0.3) is 0 Å². The Morgan fingerprint density at radius 2 is 1.70 bits per heavy atom. The molecule has 0 spiro atoms. The van der Waals surface area contributed by atoms with Crippen LogP contribution in [-0.2, 0) is 26.2 Å². The standard InChI is InChI=1S/C25H35N3O4S/c1-7-13-26-25(30)21(5)27(16-22-10-8-9-18(2)15-22)24(29)17-28(33(6,31)32)23-12-11-19(3)14-20(23)4/h8-12,14-15,21H,7,13,16-17H2,1-6H3,(H,26,30)/t21-/m1/s1. The maximum atomic E-state index is 13.5. The number of sulfonamides is 1. The molecule has 0 aliphatic carbocycles. The smallest absolute Gasteiger partial charge is 0.244 e. The minimum Gasteiger partial charge on any atom is -0.354 e. The minimum absolute atomic E-state index is 0.200. The molecule has 2 rings (SSSR count). The fourth-order valence-electron chi connectivity index (χ4n) is 3.67. The first-order chi connectivity index (χ1) is 15.4. The first kappa shape index (κ1) is 26.4. The van der Waals surface area contributed by atoms with E-state index >= 15 is 0 Å². The third kappa shape index (κ3) is 7.32. The predicted octanol–water partition coefficient (Wildman–Crippen LogP) is 3.32. The van der Waals surface area contributed by atoms with Crippen LogP contribution in [0.4, 0.5) is 5.69 Å². The molecule has 0 bridgehead atoms. The Morgan fingerprint density at radius 1 is 1.03 bits per heavy atom. The van der Waals surface area contributed by atoms with E-state index in [0.717, 1.165) is 39.2 Å². The van der Waals surface area contributed by atoms with Gasteiger partial charge in [0.1, 0.15) is 12.6 Å². The van der Waals surface area contributed by atoms with E-state index in [-0.39, 0.29) is 19.0 Å². The number of carbonyl (C=O) groups is 2. The van der Waals surface area contributed by atoms with Gasteiger partial charge in [0.15, 0.2) is 0 Å². The van der Waals surface area contributed by atoms with Gasteiger partial charge >= 0.3 is 0 Å². The molecule has 0 saturated heterocycles. The van der Waals surface area contributed by atoms with Gasteiger partial charge in [-0.1, -0.05) is 54.4 Å². The van der Waals surface area contributed by atoms with E-state index < -0.39 is 22.0 Å². The number of hydrogen-bond donors (Lipinski definition) is 1. The summed E-state index contributed by atoms with van der Waals surface area (Å²) >= 11 is 0. The molecule has 0 unspecified atom stereocenters. The van der Waals surface area contributed by atoms with Crippen molar-refractivity contribution >= 4 is 27.5 Å². The van der Waals surface area contributed by atoms with Gasteiger partial charge in [0.2, 0.25) is 21.8 Å².